The molecule has 2 fully saturated rings. The number of aryl methyl sites for hydroxylation is 1. The molecular weight excluding hydrogens is 344 g/mol. The normalized spacial score (nSPS) is 20.6. The molecule has 0 aromatic carbocycles. The molecule has 0 spiro atoms. The van der Waals surface area contributed by atoms with Gasteiger partial charge in [-0.3, -0.25) is 4.79 Å². The van der Waals surface area contributed by atoms with Crippen molar-refractivity contribution in [2.75, 3.05) is 44.3 Å². The van der Waals surface area contributed by atoms with Crippen molar-refractivity contribution in [3.63, 3.8) is 0 Å². The molecule has 0 radical (unpaired) electrons. The van der Waals surface area contributed by atoms with Crippen LogP contribution in [-0.2, 0) is 4.74 Å². The van der Waals surface area contributed by atoms with E-state index in [0.29, 0.717) is 17.8 Å². The maximum absolute atomic E-state index is 12.9. The summed E-state index contributed by atoms with van der Waals surface area (Å²) in [6.07, 6.45) is 6.69. The number of nitrogens with zero attached hydrogens (tertiary/aromatic N) is 6. The van der Waals surface area contributed by atoms with Crippen molar-refractivity contribution < 1.29 is 9.53 Å². The van der Waals surface area contributed by atoms with E-state index in [1.807, 2.05) is 11.8 Å². The van der Waals surface area contributed by atoms with E-state index >= 15 is 0 Å². The SMILES string of the molecule is Cc1ncncc1C(=O)N1CCC[C@@H](c2cc(N3CCOCC3)ncn2)C1. The summed E-state index contributed by atoms with van der Waals surface area (Å²) >= 11 is 0. The quantitative estimate of drug-likeness (QED) is 0.810. The van der Waals surface area contributed by atoms with E-state index in [1.54, 1.807) is 12.5 Å². The van der Waals surface area contributed by atoms with E-state index in [-0.39, 0.29) is 11.8 Å². The van der Waals surface area contributed by atoms with Gasteiger partial charge in [-0.15, -0.1) is 0 Å². The standard InChI is InChI=1S/C19H24N6O2/c1-14-16(10-20-12-21-14)19(26)25-4-2-3-15(11-25)17-9-18(23-13-22-17)24-5-7-27-8-6-24/h9-10,12-13,15H,2-8,11H2,1H3/t15-/m1/s1. The Kier molecular flexibility index (Phi) is 5.24. The summed E-state index contributed by atoms with van der Waals surface area (Å²) < 4.78 is 5.42. The third-order valence-electron chi connectivity index (χ3n) is 5.28. The molecule has 142 valence electrons. The number of amides is 1. The Balaban J connectivity index is 1.50. The molecule has 0 unspecified atom stereocenters. The Morgan fingerprint density at radius 3 is 2.81 bits per heavy atom. The van der Waals surface area contributed by atoms with E-state index in [4.69, 9.17) is 4.74 Å². The van der Waals surface area contributed by atoms with Gasteiger partial charge in [-0.05, 0) is 19.8 Å². The van der Waals surface area contributed by atoms with Gasteiger partial charge in [0, 0.05) is 44.4 Å². The highest BCUT2D eigenvalue weighted by Crippen LogP contribution is 2.28. The van der Waals surface area contributed by atoms with Crippen molar-refractivity contribution in [2.24, 2.45) is 0 Å². The average molecular weight is 368 g/mol. The number of aromatic nitrogens is 4. The Morgan fingerprint density at radius 2 is 2.00 bits per heavy atom. The number of hydrogen-bond donors (Lipinski definition) is 0. The minimum Gasteiger partial charge on any atom is -0.378 e. The van der Waals surface area contributed by atoms with Crippen molar-refractivity contribution in [3.8, 4) is 0 Å². The molecule has 27 heavy (non-hydrogen) atoms. The molecular formula is C19H24N6O2. The van der Waals surface area contributed by atoms with Crippen LogP contribution >= 0.6 is 0 Å². The molecule has 2 aliphatic heterocycles. The lowest BCUT2D eigenvalue weighted by Gasteiger charge is -2.33. The number of likely N-dealkylation sites (tertiary alicyclic amines) is 1. The van der Waals surface area contributed by atoms with Crippen molar-refractivity contribution >= 4 is 11.7 Å². The second-order valence-electron chi connectivity index (χ2n) is 7.01. The van der Waals surface area contributed by atoms with E-state index < -0.39 is 0 Å². The van der Waals surface area contributed by atoms with Crippen LogP contribution in [0.4, 0.5) is 5.82 Å². The summed E-state index contributed by atoms with van der Waals surface area (Å²) in [5.74, 6) is 1.16. The van der Waals surface area contributed by atoms with Gasteiger partial charge in [0.25, 0.3) is 5.91 Å². The summed E-state index contributed by atoms with van der Waals surface area (Å²) in [5.41, 5.74) is 2.30. The first-order valence-electron chi connectivity index (χ1n) is 9.43. The summed E-state index contributed by atoms with van der Waals surface area (Å²) in [7, 11) is 0. The fraction of sp³-hybridized carbons (Fsp3) is 0.526. The zero-order valence-electron chi connectivity index (χ0n) is 15.5. The highest BCUT2D eigenvalue weighted by molar-refractivity contribution is 5.95. The highest BCUT2D eigenvalue weighted by atomic mass is 16.5. The van der Waals surface area contributed by atoms with Gasteiger partial charge in [0.1, 0.15) is 18.5 Å². The van der Waals surface area contributed by atoms with Gasteiger partial charge in [0.05, 0.1) is 30.2 Å². The van der Waals surface area contributed by atoms with Crippen LogP contribution in [0.1, 0.15) is 40.5 Å². The molecule has 1 amide bonds. The third-order valence-corrected chi connectivity index (χ3v) is 5.28. The van der Waals surface area contributed by atoms with E-state index in [0.717, 1.165) is 57.2 Å². The maximum atomic E-state index is 12.9. The zero-order chi connectivity index (χ0) is 18.6. The Morgan fingerprint density at radius 1 is 1.15 bits per heavy atom. The fourth-order valence-electron chi connectivity index (χ4n) is 3.72. The van der Waals surface area contributed by atoms with E-state index in [2.05, 4.69) is 30.9 Å². The predicted molar refractivity (Wildman–Crippen MR) is 99.7 cm³/mol. The van der Waals surface area contributed by atoms with Gasteiger partial charge >= 0.3 is 0 Å². The molecule has 2 aromatic rings. The largest absolute Gasteiger partial charge is 0.378 e. The topological polar surface area (TPSA) is 84.3 Å². The number of carbonyl (C=O) groups excluding carboxylic acids is 1. The molecule has 8 nitrogen and oxygen atoms in total. The molecule has 1 atom stereocenters. The monoisotopic (exact) mass is 368 g/mol. The van der Waals surface area contributed by atoms with Crippen molar-refractivity contribution in [3.05, 3.63) is 41.9 Å². The number of ether oxygens (including phenoxy) is 1. The number of rotatable bonds is 3. The lowest BCUT2D eigenvalue weighted by Crippen LogP contribution is -2.40. The molecule has 8 heteroatoms. The first-order valence-corrected chi connectivity index (χ1v) is 9.43. The van der Waals surface area contributed by atoms with Crippen molar-refractivity contribution in [1.82, 2.24) is 24.8 Å². The molecule has 2 aromatic heterocycles. The van der Waals surface area contributed by atoms with Crippen LogP contribution in [0.25, 0.3) is 0 Å². The van der Waals surface area contributed by atoms with E-state index in [1.165, 1.54) is 6.33 Å². The summed E-state index contributed by atoms with van der Waals surface area (Å²) in [4.78, 5) is 34.1. The van der Waals surface area contributed by atoms with Crippen molar-refractivity contribution in [2.45, 2.75) is 25.7 Å². The molecule has 2 saturated heterocycles. The van der Waals surface area contributed by atoms with Crippen molar-refractivity contribution in [1.29, 1.82) is 0 Å². The first-order chi connectivity index (χ1) is 13.2. The maximum Gasteiger partial charge on any atom is 0.257 e. The minimum absolute atomic E-state index is 0.000240. The Bertz CT molecular complexity index is 808. The minimum atomic E-state index is 0.000240. The second kappa shape index (κ2) is 7.96. The summed E-state index contributed by atoms with van der Waals surface area (Å²) in [6.45, 7) is 6.40. The van der Waals surface area contributed by atoms with E-state index in [9.17, 15) is 4.79 Å². The van der Waals surface area contributed by atoms with Crippen LogP contribution in [0, 0.1) is 6.92 Å². The number of piperidine rings is 1. The highest BCUT2D eigenvalue weighted by Gasteiger charge is 2.28. The molecule has 0 N–H and O–H groups in total. The van der Waals surface area contributed by atoms with Gasteiger partial charge in [0.2, 0.25) is 0 Å². The average Bonchev–Trinajstić information content (AvgIpc) is 2.74. The molecule has 0 bridgehead atoms. The third kappa shape index (κ3) is 3.90. The van der Waals surface area contributed by atoms with Crippen LogP contribution in [0.5, 0.6) is 0 Å². The van der Waals surface area contributed by atoms with Crippen LogP contribution < -0.4 is 4.90 Å². The molecule has 0 aliphatic carbocycles. The number of hydrogen-bond acceptors (Lipinski definition) is 7. The Labute approximate surface area is 158 Å². The number of morpholine rings is 1. The molecule has 2 aliphatic rings. The lowest BCUT2D eigenvalue weighted by molar-refractivity contribution is 0.0704. The second-order valence-corrected chi connectivity index (χ2v) is 7.01. The van der Waals surface area contributed by atoms with Crippen LogP contribution in [0.3, 0.4) is 0 Å². The molecule has 4 rings (SSSR count). The summed E-state index contributed by atoms with van der Waals surface area (Å²) in [6, 6.07) is 2.07. The lowest BCUT2D eigenvalue weighted by atomic mass is 9.94. The predicted octanol–water partition coefficient (Wildman–Crippen LogP) is 1.43. The molecule has 4 heterocycles. The number of anilines is 1. The zero-order valence-corrected chi connectivity index (χ0v) is 15.5. The smallest absolute Gasteiger partial charge is 0.257 e. The van der Waals surface area contributed by atoms with Crippen LogP contribution in [0.15, 0.2) is 24.9 Å². The van der Waals surface area contributed by atoms with Gasteiger partial charge in [0.15, 0.2) is 0 Å². The number of carbonyl (C=O) groups is 1. The van der Waals surface area contributed by atoms with Crippen LogP contribution in [0.2, 0.25) is 0 Å². The Hall–Kier alpha value is -2.61. The molecule has 0 saturated carbocycles. The van der Waals surface area contributed by atoms with Gasteiger partial charge in [-0.25, -0.2) is 19.9 Å². The van der Waals surface area contributed by atoms with Crippen LogP contribution in [-0.4, -0.2) is 70.1 Å². The summed E-state index contributed by atoms with van der Waals surface area (Å²) in [5, 5.41) is 0. The first kappa shape index (κ1) is 17.8. The van der Waals surface area contributed by atoms with Gasteiger partial charge < -0.3 is 14.5 Å². The fourth-order valence-corrected chi connectivity index (χ4v) is 3.72. The van der Waals surface area contributed by atoms with Gasteiger partial charge in [-0.1, -0.05) is 0 Å². The van der Waals surface area contributed by atoms with Gasteiger partial charge in [-0.2, -0.15) is 0 Å².